The van der Waals surface area contributed by atoms with Gasteiger partial charge >= 0.3 is 0 Å². The number of fused-ring (bicyclic) bond motifs is 1. The molecule has 0 fully saturated rings. The monoisotopic (exact) mass is 242 g/mol. The van der Waals surface area contributed by atoms with Gasteiger partial charge in [0, 0.05) is 6.54 Å². The molecule has 2 heterocycles. The molecule has 92 valence electrons. The second-order valence-corrected chi connectivity index (χ2v) is 4.21. The number of imidazole rings is 1. The van der Waals surface area contributed by atoms with E-state index < -0.39 is 0 Å². The molecular weight excluding hydrogens is 228 g/mol. The Morgan fingerprint density at radius 1 is 1.33 bits per heavy atom. The quantitative estimate of drug-likeness (QED) is 0.716. The van der Waals surface area contributed by atoms with Gasteiger partial charge in [0.2, 0.25) is 5.95 Å². The fraction of sp³-hybridized carbons (Fsp3) is 0.250. The number of rotatable bonds is 2. The molecule has 0 unspecified atom stereocenters. The number of nitrogens with zero attached hydrogens (tertiary/aromatic N) is 4. The molecule has 0 amide bonds. The molecule has 0 aliphatic heterocycles. The Hall–Kier alpha value is -2.37. The summed E-state index contributed by atoms with van der Waals surface area (Å²) in [7, 11) is 0. The van der Waals surface area contributed by atoms with Crippen LogP contribution >= 0.6 is 0 Å². The third kappa shape index (κ3) is 1.54. The van der Waals surface area contributed by atoms with Crippen molar-refractivity contribution in [1.82, 2.24) is 24.7 Å². The van der Waals surface area contributed by atoms with Crippen LogP contribution in [0.15, 0.2) is 18.2 Å². The van der Waals surface area contributed by atoms with Gasteiger partial charge in [0.15, 0.2) is 11.6 Å². The molecule has 0 aliphatic rings. The molecule has 0 saturated carbocycles. The Morgan fingerprint density at radius 3 is 2.83 bits per heavy atom. The van der Waals surface area contributed by atoms with Gasteiger partial charge in [-0.1, -0.05) is 6.07 Å². The number of hydrogen-bond acceptors (Lipinski definition) is 4. The fourth-order valence-electron chi connectivity index (χ4n) is 2.12. The Balaban J connectivity index is 2.28. The smallest absolute Gasteiger partial charge is 0.239 e. The Morgan fingerprint density at radius 2 is 2.17 bits per heavy atom. The van der Waals surface area contributed by atoms with E-state index in [2.05, 4.69) is 56.8 Å². The van der Waals surface area contributed by atoms with Gasteiger partial charge in [-0.05, 0) is 31.5 Å². The summed E-state index contributed by atoms with van der Waals surface area (Å²) in [6, 6.07) is 6.21. The van der Waals surface area contributed by atoms with Crippen LogP contribution < -0.4 is 5.73 Å². The number of nitrogen functional groups attached to an aromatic ring is 1. The lowest BCUT2D eigenvalue weighted by Crippen LogP contribution is -1.98. The highest BCUT2D eigenvalue weighted by Gasteiger charge is 2.14. The summed E-state index contributed by atoms with van der Waals surface area (Å²) in [5.74, 6) is 1.60. The summed E-state index contributed by atoms with van der Waals surface area (Å²) in [6.07, 6.45) is 0. The van der Waals surface area contributed by atoms with Gasteiger partial charge in [0.1, 0.15) is 0 Å². The van der Waals surface area contributed by atoms with Crippen LogP contribution in [-0.2, 0) is 6.54 Å². The van der Waals surface area contributed by atoms with E-state index in [1.807, 2.05) is 0 Å². The van der Waals surface area contributed by atoms with Crippen LogP contribution in [0.1, 0.15) is 12.5 Å². The lowest BCUT2D eigenvalue weighted by Gasteiger charge is -2.02. The predicted octanol–water partition coefficient (Wildman–Crippen LogP) is 1.73. The molecule has 0 spiro atoms. The van der Waals surface area contributed by atoms with Crippen molar-refractivity contribution in [1.29, 1.82) is 0 Å². The van der Waals surface area contributed by atoms with E-state index in [0.29, 0.717) is 5.82 Å². The van der Waals surface area contributed by atoms with E-state index in [0.717, 1.165) is 23.4 Å². The van der Waals surface area contributed by atoms with Gasteiger partial charge in [-0.15, -0.1) is 5.10 Å². The van der Waals surface area contributed by atoms with Gasteiger partial charge in [-0.2, -0.15) is 4.98 Å². The first-order chi connectivity index (χ1) is 8.69. The molecular formula is C12H14N6. The van der Waals surface area contributed by atoms with Crippen molar-refractivity contribution < 1.29 is 0 Å². The van der Waals surface area contributed by atoms with Crippen LogP contribution in [-0.4, -0.2) is 24.7 Å². The molecule has 0 radical (unpaired) electrons. The van der Waals surface area contributed by atoms with Crippen LogP contribution in [0, 0.1) is 6.92 Å². The van der Waals surface area contributed by atoms with Crippen molar-refractivity contribution in [3.63, 3.8) is 0 Å². The molecule has 0 bridgehead atoms. The second kappa shape index (κ2) is 3.83. The highest BCUT2D eigenvalue weighted by molar-refractivity contribution is 5.80. The van der Waals surface area contributed by atoms with Crippen molar-refractivity contribution in [3.05, 3.63) is 23.8 Å². The third-order valence-corrected chi connectivity index (χ3v) is 2.93. The molecule has 18 heavy (non-hydrogen) atoms. The van der Waals surface area contributed by atoms with Gasteiger partial charge in [0.25, 0.3) is 0 Å². The largest absolute Gasteiger partial charge is 0.366 e. The summed E-state index contributed by atoms with van der Waals surface area (Å²) in [5, 5.41) is 6.65. The maximum Gasteiger partial charge on any atom is 0.239 e. The molecule has 0 aliphatic carbocycles. The zero-order valence-electron chi connectivity index (χ0n) is 10.3. The van der Waals surface area contributed by atoms with E-state index in [4.69, 9.17) is 5.73 Å². The van der Waals surface area contributed by atoms with Crippen LogP contribution in [0.2, 0.25) is 0 Å². The highest BCUT2D eigenvalue weighted by atomic mass is 15.3. The Labute approximate surface area is 104 Å². The first kappa shape index (κ1) is 10.8. The Bertz CT molecular complexity index is 709. The van der Waals surface area contributed by atoms with Crippen LogP contribution in [0.4, 0.5) is 5.95 Å². The Kier molecular flexibility index (Phi) is 2.29. The molecule has 3 aromatic rings. The van der Waals surface area contributed by atoms with Crippen molar-refractivity contribution in [2.45, 2.75) is 20.4 Å². The third-order valence-electron chi connectivity index (χ3n) is 2.93. The fourth-order valence-corrected chi connectivity index (χ4v) is 2.12. The molecule has 0 atom stereocenters. The number of anilines is 1. The number of nitrogens with two attached hydrogens (primary N) is 1. The predicted molar refractivity (Wildman–Crippen MR) is 69.9 cm³/mol. The average Bonchev–Trinajstić information content (AvgIpc) is 2.91. The van der Waals surface area contributed by atoms with E-state index in [1.54, 1.807) is 0 Å². The normalized spacial score (nSPS) is 11.2. The van der Waals surface area contributed by atoms with E-state index in [9.17, 15) is 0 Å². The first-order valence-corrected chi connectivity index (χ1v) is 5.84. The lowest BCUT2D eigenvalue weighted by molar-refractivity contribution is 0.789. The van der Waals surface area contributed by atoms with E-state index in [1.165, 1.54) is 5.56 Å². The number of benzene rings is 1. The van der Waals surface area contributed by atoms with Crippen molar-refractivity contribution in [2.24, 2.45) is 0 Å². The number of H-pyrrole nitrogens is 1. The molecule has 1 aromatic carbocycles. The average molecular weight is 242 g/mol. The number of hydrogen-bond donors (Lipinski definition) is 2. The van der Waals surface area contributed by atoms with Gasteiger partial charge in [-0.3, -0.25) is 5.10 Å². The van der Waals surface area contributed by atoms with Crippen LogP contribution in [0.25, 0.3) is 22.7 Å². The van der Waals surface area contributed by atoms with Crippen molar-refractivity contribution in [3.8, 4) is 11.6 Å². The molecule has 3 rings (SSSR count). The summed E-state index contributed by atoms with van der Waals surface area (Å²) < 4.78 is 2.09. The first-order valence-electron chi connectivity index (χ1n) is 5.84. The molecule has 6 nitrogen and oxygen atoms in total. The lowest BCUT2D eigenvalue weighted by atomic mass is 10.2. The van der Waals surface area contributed by atoms with Gasteiger partial charge < -0.3 is 10.3 Å². The van der Waals surface area contributed by atoms with E-state index >= 15 is 0 Å². The number of aryl methyl sites for hydroxylation is 2. The minimum Gasteiger partial charge on any atom is -0.366 e. The number of aromatic nitrogens is 5. The molecule has 3 N–H and O–H groups in total. The van der Waals surface area contributed by atoms with Crippen LogP contribution in [0.3, 0.4) is 0 Å². The summed E-state index contributed by atoms with van der Waals surface area (Å²) >= 11 is 0. The van der Waals surface area contributed by atoms with Crippen molar-refractivity contribution >= 4 is 17.0 Å². The van der Waals surface area contributed by atoms with E-state index in [-0.39, 0.29) is 5.95 Å². The summed E-state index contributed by atoms with van der Waals surface area (Å²) in [6.45, 7) is 4.94. The standard InChI is InChI=1S/C12H14N6/c1-3-18-9-5-4-7(2)6-8(9)14-11(18)10-15-12(13)17-16-10/h4-6H,3H2,1-2H3,(H3,13,15,16,17). The molecule has 6 heteroatoms. The number of nitrogens with one attached hydrogen (secondary N) is 1. The zero-order valence-corrected chi connectivity index (χ0v) is 10.3. The highest BCUT2D eigenvalue weighted by Crippen LogP contribution is 2.23. The van der Waals surface area contributed by atoms with Gasteiger partial charge in [-0.25, -0.2) is 4.98 Å². The van der Waals surface area contributed by atoms with Crippen molar-refractivity contribution in [2.75, 3.05) is 5.73 Å². The maximum atomic E-state index is 5.54. The van der Waals surface area contributed by atoms with Crippen LogP contribution in [0.5, 0.6) is 0 Å². The molecule has 0 saturated heterocycles. The minimum absolute atomic E-state index is 0.232. The SMILES string of the molecule is CCn1c(-c2nc(N)n[nH]2)nc2cc(C)ccc21. The summed E-state index contributed by atoms with van der Waals surface area (Å²) in [5.41, 5.74) is 8.77. The second-order valence-electron chi connectivity index (χ2n) is 4.21. The summed E-state index contributed by atoms with van der Waals surface area (Å²) in [4.78, 5) is 8.74. The minimum atomic E-state index is 0.232. The maximum absolute atomic E-state index is 5.54. The zero-order chi connectivity index (χ0) is 12.7. The number of aromatic amines is 1. The topological polar surface area (TPSA) is 85.4 Å². The van der Waals surface area contributed by atoms with Gasteiger partial charge in [0.05, 0.1) is 11.0 Å². The molecule has 2 aromatic heterocycles.